The molecule has 1 N–H and O–H groups in total. The molecule has 0 amide bonds. The number of benzene rings is 2. The first-order valence-corrected chi connectivity index (χ1v) is 12.9. The number of anilines is 2. The Kier molecular flexibility index (Phi) is 9.46. The molecule has 0 aliphatic carbocycles. The summed E-state index contributed by atoms with van der Waals surface area (Å²) in [5.41, 5.74) is 3.10. The zero-order chi connectivity index (χ0) is 24.8. The third-order valence-corrected chi connectivity index (χ3v) is 7.57. The smallest absolute Gasteiger partial charge is 0.357 e. The van der Waals surface area contributed by atoms with Gasteiger partial charge >= 0.3 is 7.60 Å². The molecule has 0 spiro atoms. The minimum Gasteiger partial charge on any atom is -0.372 e. The van der Waals surface area contributed by atoms with E-state index < -0.39 is 18.3 Å². The summed E-state index contributed by atoms with van der Waals surface area (Å²) in [5.74, 6) is -0.798. The fourth-order valence-electron chi connectivity index (χ4n) is 3.61. The summed E-state index contributed by atoms with van der Waals surface area (Å²) in [6.07, 6.45) is -0.654. The van der Waals surface area contributed by atoms with Crippen molar-refractivity contribution < 1.29 is 18.5 Å². The summed E-state index contributed by atoms with van der Waals surface area (Å²) < 4.78 is 26.0. The van der Waals surface area contributed by atoms with Crippen LogP contribution >= 0.6 is 7.60 Å². The van der Waals surface area contributed by atoms with Gasteiger partial charge in [-0.05, 0) is 77.8 Å². The largest absolute Gasteiger partial charge is 0.372 e. The number of nitrogens with one attached hydrogen (secondary N) is 1. The molecule has 0 fully saturated rings. The van der Waals surface area contributed by atoms with E-state index in [1.807, 2.05) is 52.0 Å². The molecule has 0 aliphatic rings. The third kappa shape index (κ3) is 7.03. The predicted molar refractivity (Wildman–Crippen MR) is 134 cm³/mol. The molecule has 0 radical (unpaired) electrons. The van der Waals surface area contributed by atoms with Crippen molar-refractivity contribution in [1.82, 2.24) is 0 Å². The molecule has 2 aromatic rings. The van der Waals surface area contributed by atoms with Crippen molar-refractivity contribution in [3.8, 4) is 0 Å². The van der Waals surface area contributed by atoms with Gasteiger partial charge in [0.1, 0.15) is 0 Å². The Bertz CT molecular complexity index is 961. The molecular formula is C24H36N3O5P. The van der Waals surface area contributed by atoms with E-state index >= 15 is 0 Å². The van der Waals surface area contributed by atoms with E-state index in [1.165, 1.54) is 12.1 Å². The Balaban J connectivity index is 2.56. The van der Waals surface area contributed by atoms with Gasteiger partial charge in [0.25, 0.3) is 5.69 Å². The van der Waals surface area contributed by atoms with Crippen LogP contribution in [0.15, 0.2) is 42.5 Å². The molecule has 0 bridgehead atoms. The second kappa shape index (κ2) is 11.6. The van der Waals surface area contributed by atoms with Gasteiger partial charge in [0, 0.05) is 36.6 Å². The minimum absolute atomic E-state index is 0.00165. The first-order valence-electron chi connectivity index (χ1n) is 11.3. The first-order chi connectivity index (χ1) is 15.5. The van der Waals surface area contributed by atoms with E-state index in [4.69, 9.17) is 9.05 Å². The topological polar surface area (TPSA) is 93.9 Å². The molecule has 182 valence electrons. The van der Waals surface area contributed by atoms with E-state index in [0.29, 0.717) is 11.3 Å². The quantitative estimate of drug-likeness (QED) is 0.202. The molecular weight excluding hydrogens is 441 g/mol. The summed E-state index contributed by atoms with van der Waals surface area (Å²) in [6.45, 7) is 15.0. The number of non-ortho nitro benzene ring substituents is 1. The SMILES string of the molecule is CCN(CC)c1ccc(C(Nc2ccc([N+](=O)[O-])cc2C)P(=O)(OC(C)C)OC(C)C)cc1. The summed E-state index contributed by atoms with van der Waals surface area (Å²) in [4.78, 5) is 12.9. The Morgan fingerprint density at radius 3 is 1.97 bits per heavy atom. The Morgan fingerprint density at radius 2 is 1.55 bits per heavy atom. The highest BCUT2D eigenvalue weighted by Gasteiger charge is 2.39. The molecule has 2 rings (SSSR count). The second-order valence-corrected chi connectivity index (χ2v) is 10.4. The van der Waals surface area contributed by atoms with Crippen molar-refractivity contribution in [1.29, 1.82) is 0 Å². The lowest BCUT2D eigenvalue weighted by atomic mass is 10.1. The number of nitro groups is 1. The molecule has 0 heterocycles. The number of aryl methyl sites for hydroxylation is 1. The Morgan fingerprint density at radius 1 is 1.00 bits per heavy atom. The summed E-state index contributed by atoms with van der Waals surface area (Å²) in [7, 11) is -3.69. The van der Waals surface area contributed by atoms with Gasteiger partial charge in [-0.25, -0.2) is 0 Å². The van der Waals surface area contributed by atoms with Gasteiger partial charge < -0.3 is 19.3 Å². The molecule has 1 unspecified atom stereocenters. The van der Waals surface area contributed by atoms with Crippen LogP contribution in [0, 0.1) is 17.0 Å². The molecule has 0 saturated carbocycles. The van der Waals surface area contributed by atoms with Crippen LogP contribution in [-0.2, 0) is 13.6 Å². The van der Waals surface area contributed by atoms with E-state index in [-0.39, 0.29) is 17.9 Å². The Hall–Kier alpha value is -2.41. The van der Waals surface area contributed by atoms with Gasteiger partial charge in [0.05, 0.1) is 17.1 Å². The molecule has 0 saturated heterocycles. The average molecular weight is 478 g/mol. The van der Waals surface area contributed by atoms with Gasteiger partial charge in [0.2, 0.25) is 0 Å². The maximum atomic E-state index is 14.1. The molecule has 0 aromatic heterocycles. The standard InChI is InChI=1S/C24H36N3O5P/c1-8-26(9-2)21-12-10-20(11-13-21)24(33(30,31-17(3)4)32-18(5)6)25-23-15-14-22(27(28)29)16-19(23)7/h10-18,24-25H,8-9H2,1-7H3. The molecule has 33 heavy (non-hydrogen) atoms. The normalized spacial score (nSPS) is 12.8. The number of rotatable bonds is 12. The molecule has 0 aliphatic heterocycles. The fraction of sp³-hybridized carbons (Fsp3) is 0.500. The highest BCUT2D eigenvalue weighted by atomic mass is 31.2. The van der Waals surface area contributed by atoms with Crippen LogP contribution in [0.4, 0.5) is 17.1 Å². The predicted octanol–water partition coefficient (Wildman–Crippen LogP) is 6.90. The summed E-state index contributed by atoms with van der Waals surface area (Å²) >= 11 is 0. The lowest BCUT2D eigenvalue weighted by Gasteiger charge is -2.32. The van der Waals surface area contributed by atoms with Gasteiger partial charge in [-0.3, -0.25) is 14.7 Å². The molecule has 8 nitrogen and oxygen atoms in total. The number of hydrogen-bond acceptors (Lipinski definition) is 7. The van der Waals surface area contributed by atoms with Crippen LogP contribution in [0.3, 0.4) is 0 Å². The van der Waals surface area contributed by atoms with Crippen molar-refractivity contribution in [2.75, 3.05) is 23.3 Å². The van der Waals surface area contributed by atoms with Crippen LogP contribution in [0.2, 0.25) is 0 Å². The van der Waals surface area contributed by atoms with E-state index in [1.54, 1.807) is 13.0 Å². The number of nitrogens with zero attached hydrogens (tertiary/aromatic N) is 2. The van der Waals surface area contributed by atoms with Gasteiger partial charge in [-0.1, -0.05) is 12.1 Å². The van der Waals surface area contributed by atoms with Crippen molar-refractivity contribution in [3.63, 3.8) is 0 Å². The first kappa shape index (κ1) is 26.8. The zero-order valence-electron chi connectivity index (χ0n) is 20.6. The molecule has 1 atom stereocenters. The highest BCUT2D eigenvalue weighted by molar-refractivity contribution is 7.54. The average Bonchev–Trinajstić information content (AvgIpc) is 2.73. The molecule has 9 heteroatoms. The zero-order valence-corrected chi connectivity index (χ0v) is 21.5. The van der Waals surface area contributed by atoms with Crippen molar-refractivity contribution >= 4 is 24.7 Å². The van der Waals surface area contributed by atoms with Crippen LogP contribution in [0.25, 0.3) is 0 Å². The fourth-order valence-corrected chi connectivity index (χ4v) is 5.91. The van der Waals surface area contributed by atoms with Crippen molar-refractivity contribution in [2.45, 2.75) is 66.5 Å². The van der Waals surface area contributed by atoms with Crippen molar-refractivity contribution in [3.05, 3.63) is 63.7 Å². The monoisotopic (exact) mass is 477 g/mol. The van der Waals surface area contributed by atoms with E-state index in [2.05, 4.69) is 24.1 Å². The summed E-state index contributed by atoms with van der Waals surface area (Å²) in [6, 6.07) is 12.4. The highest BCUT2D eigenvalue weighted by Crippen LogP contribution is 2.62. The van der Waals surface area contributed by atoms with Gasteiger partial charge in [0.15, 0.2) is 5.78 Å². The van der Waals surface area contributed by atoms with Crippen LogP contribution in [0.5, 0.6) is 0 Å². The van der Waals surface area contributed by atoms with Crippen LogP contribution in [-0.4, -0.2) is 30.2 Å². The summed E-state index contributed by atoms with van der Waals surface area (Å²) in [5, 5.41) is 14.5. The lowest BCUT2D eigenvalue weighted by Crippen LogP contribution is -2.22. The molecule has 2 aromatic carbocycles. The second-order valence-electron chi connectivity index (χ2n) is 8.42. The van der Waals surface area contributed by atoms with E-state index in [9.17, 15) is 14.7 Å². The van der Waals surface area contributed by atoms with Gasteiger partial charge in [-0.2, -0.15) is 0 Å². The Labute approximate surface area is 197 Å². The van der Waals surface area contributed by atoms with Crippen LogP contribution < -0.4 is 10.2 Å². The number of hydrogen-bond donors (Lipinski definition) is 1. The minimum atomic E-state index is -3.69. The third-order valence-electron chi connectivity index (χ3n) is 5.08. The maximum absolute atomic E-state index is 14.1. The lowest BCUT2D eigenvalue weighted by molar-refractivity contribution is -0.384. The van der Waals surface area contributed by atoms with Gasteiger partial charge in [-0.15, -0.1) is 0 Å². The van der Waals surface area contributed by atoms with Crippen LogP contribution in [0.1, 0.15) is 58.5 Å². The number of nitro benzene ring substituents is 1. The van der Waals surface area contributed by atoms with E-state index in [0.717, 1.165) is 24.3 Å². The van der Waals surface area contributed by atoms with Crippen molar-refractivity contribution in [2.24, 2.45) is 0 Å². The maximum Gasteiger partial charge on any atom is 0.357 e.